The molecule has 26 N–H and O–H groups in total. The third-order valence-corrected chi connectivity index (χ3v) is 22.7. The van der Waals surface area contributed by atoms with Crippen molar-refractivity contribution in [3.05, 3.63) is 124 Å². The molecule has 0 unspecified atom stereocenters. The summed E-state index contributed by atoms with van der Waals surface area (Å²) in [5.41, 5.74) is 16.2. The molecule has 149 heavy (non-hydrogen) atoms. The molecule has 0 bridgehead atoms. The highest BCUT2D eigenvalue weighted by atomic mass is 16.7. The van der Waals surface area contributed by atoms with E-state index in [2.05, 4.69) is 59.6 Å². The van der Waals surface area contributed by atoms with Crippen LogP contribution >= 0.6 is 0 Å². The number of carbonyl (C=O) groups is 17. The van der Waals surface area contributed by atoms with Crippen LogP contribution in [0.15, 0.2) is 90.3 Å². The number of amides is 5. The van der Waals surface area contributed by atoms with E-state index in [0.717, 1.165) is 57.2 Å². The number of aliphatic hydroxyl groups is 9. The first kappa shape index (κ1) is 118. The average molecular weight is 2120 g/mol. The average Bonchev–Trinajstić information content (AvgIpc) is 1.39. The molecule has 820 valence electrons. The molecular formula is C90H120N14O45. The van der Waals surface area contributed by atoms with Crippen LogP contribution in [0.5, 0.6) is 17.2 Å². The van der Waals surface area contributed by atoms with Crippen LogP contribution in [0, 0.1) is 17.8 Å². The molecule has 9 rings (SSSR count). The molecule has 5 amide bonds. The number of hydrogen-bond donors (Lipinski definition) is 26. The number of aliphatic carboxylic acids is 6. The van der Waals surface area contributed by atoms with E-state index >= 15 is 0 Å². The number of Topliss-reactive ketones (excluding diaryl/α,β-unsaturated/α-hetero) is 3. The van der Waals surface area contributed by atoms with Crippen LogP contribution in [0.3, 0.4) is 0 Å². The normalized spacial score (nSPS) is 22.6. The number of nitrogens with zero attached hydrogens (tertiary/aromatic N) is 3. The maximum absolute atomic E-state index is 14.8. The lowest BCUT2D eigenvalue weighted by molar-refractivity contribution is -0.271. The van der Waals surface area contributed by atoms with Crippen LogP contribution in [-0.2, 0) is 130 Å². The largest absolute Gasteiger partial charge is 0.481 e. The predicted molar refractivity (Wildman–Crippen MR) is 489 cm³/mol. The Morgan fingerprint density at radius 3 is 0.993 bits per heavy atom. The summed E-state index contributed by atoms with van der Waals surface area (Å²) >= 11 is 0. The molecule has 59 heteroatoms. The monoisotopic (exact) mass is 2120 g/mol. The Hall–Kier alpha value is -14.2. The second-order valence-corrected chi connectivity index (χ2v) is 35.8. The molecule has 3 aromatic rings. The van der Waals surface area contributed by atoms with Gasteiger partial charge in [0.25, 0.3) is 0 Å². The fourth-order valence-corrected chi connectivity index (χ4v) is 15.4. The highest BCUT2D eigenvalue weighted by Crippen LogP contribution is 2.36. The Kier molecular flexibility index (Phi) is 43.8. The molecule has 3 aromatic carbocycles. The standard InChI is InChI=1S/C90H120N14O45/c1-42(105)139-35-45-7-13-60(143-85-73(124)67(118)70(121)76(146-85)82(130)131)54(23-45)57(108)26-48(10-16-64(112)113)79(127)91-29-51-32-102(99-95-51)39-90(94-63(111)38-138-20-19-137-21-22-142-98-88(136)149-89(4,5)6,40-103-33-52(96-100-103)30-92-80(128)49(11-17-65(114)115)27-58(109)55-24-46(36-140-43(2)106)8-14-61(55)144-86-74(125)68(119)71(122)77(147-86)83(132)133)41-104-34-53(97-101-104)31-93-81(129)50(12-18-66(116)117)28-59(110)56-25-47(37-141-44(3)107)9-15-62(56)145-87-75(126)69(120)72(123)78(148-87)84(134)135/h7-9,13-15,23-25,32-34,48-50,67-78,85-87,95-97,99-101,118-126H,10-12,16-22,26-31,35-41H2,1-6H3,(H,91,127)(H,92,128)(H,93,129)(H,94,111)(H,98,136)(H,112,113)(H,114,115)(H,116,117)(H,130,131)(H,132,133)(H,134,135)/t48-,49-,50-,67-,68-,69-,70-,71-,72-,73+,74+,75+,76-,77-,78-,85+,86+,87+/m0/s1. The number of carbonyl (C=O) groups excluding carboxylic acids is 11. The van der Waals surface area contributed by atoms with Gasteiger partial charge in [-0.05, 0) is 93.1 Å². The smallest absolute Gasteiger partial charge is 0.431 e. The Bertz CT molecular complexity index is 4950. The molecule has 0 spiro atoms. The number of carboxylic acid groups (broad SMARTS) is 6. The molecule has 6 heterocycles. The fraction of sp³-hybridized carbons (Fsp3) is 0.544. The maximum atomic E-state index is 14.8. The van der Waals surface area contributed by atoms with E-state index in [9.17, 15) is 158 Å². The van der Waals surface area contributed by atoms with Gasteiger partial charge < -0.3 is 171 Å². The lowest BCUT2D eigenvalue weighted by Gasteiger charge is -2.41. The molecule has 0 aromatic heterocycles. The SMILES string of the molecule is CC(=O)OCc1ccc(O[C@@H]2O[C@H](C(=O)O)[C@@H](O)[C@H](O)[C@H]2O)c(C(=O)C[C@H](CCC(=O)O)C(=O)NCC2=CN(CC(CN3C=C(CNC(=O)[C@@H](CCC(=O)O)CC(=O)c4cc(COC(C)=O)ccc4O[C@@H]4O[C@H](C(=O)O)[C@@H](O)[C@H](O)[C@H]4O)NN3)(CN3C=C(CNC(=O)[C@@H](CCC(=O)O)CC(=O)c4cc(COC(C)=O)ccc4O[C@@H]4O[C@H](C(=O)O)[C@@H](O)[C@H](O)[C@H]4O)NN3)NC(=O)COCCOCCONC(=O)OC(C)(C)C)NN2)c1. The molecule has 0 radical (unpaired) electrons. The number of ether oxygens (including phenoxy) is 12. The Morgan fingerprint density at radius 1 is 0.403 bits per heavy atom. The van der Waals surface area contributed by atoms with E-state index in [4.69, 9.17) is 61.7 Å². The van der Waals surface area contributed by atoms with Crippen LogP contribution in [0.2, 0.25) is 0 Å². The number of ketones is 3. The molecule has 18 atom stereocenters. The van der Waals surface area contributed by atoms with Gasteiger partial charge in [-0.2, -0.15) is 5.48 Å². The lowest BCUT2D eigenvalue weighted by atomic mass is 9.92. The van der Waals surface area contributed by atoms with Crippen LogP contribution in [0.1, 0.15) is 147 Å². The summed E-state index contributed by atoms with van der Waals surface area (Å²) < 4.78 is 65.1. The summed E-state index contributed by atoms with van der Waals surface area (Å²) in [5.74, 6) is -24.3. The summed E-state index contributed by atoms with van der Waals surface area (Å²) in [6.45, 7) is 2.62. The van der Waals surface area contributed by atoms with Crippen LogP contribution in [-0.4, -0.2) is 368 Å². The van der Waals surface area contributed by atoms with E-state index in [0.29, 0.717) is 0 Å². The highest BCUT2D eigenvalue weighted by Gasteiger charge is 2.52. The number of nitrogens with one attached hydrogen (secondary N) is 11. The summed E-state index contributed by atoms with van der Waals surface area (Å²) in [5, 5.41) is 170. The minimum Gasteiger partial charge on any atom is -0.481 e. The van der Waals surface area contributed by atoms with Gasteiger partial charge in [-0.25, -0.2) is 19.2 Å². The Labute approximate surface area is 845 Å². The number of aliphatic hydroxyl groups excluding tert-OH is 9. The minimum absolute atomic E-state index is 0.106. The first-order valence-electron chi connectivity index (χ1n) is 46.0. The van der Waals surface area contributed by atoms with E-state index in [1.54, 1.807) is 20.8 Å². The number of rotatable bonds is 58. The molecule has 3 fully saturated rings. The van der Waals surface area contributed by atoms with Crippen molar-refractivity contribution < 1.29 is 220 Å². The first-order valence-corrected chi connectivity index (χ1v) is 46.0. The number of esters is 3. The van der Waals surface area contributed by atoms with Crippen LogP contribution in [0.25, 0.3) is 0 Å². The van der Waals surface area contributed by atoms with Crippen molar-refractivity contribution in [1.82, 2.24) is 74.7 Å². The Morgan fingerprint density at radius 2 is 0.705 bits per heavy atom. The second-order valence-electron chi connectivity index (χ2n) is 35.8. The molecule has 3 saturated heterocycles. The fourth-order valence-electron chi connectivity index (χ4n) is 15.4. The van der Waals surface area contributed by atoms with Crippen molar-refractivity contribution in [2.75, 3.05) is 72.3 Å². The molecule has 0 saturated carbocycles. The molecular weight excluding hydrogens is 2000 g/mol. The number of hydrazine groups is 6. The third kappa shape index (κ3) is 36.1. The van der Waals surface area contributed by atoms with Crippen molar-refractivity contribution in [2.45, 2.75) is 222 Å². The van der Waals surface area contributed by atoms with Crippen molar-refractivity contribution in [3.63, 3.8) is 0 Å². The van der Waals surface area contributed by atoms with Gasteiger partial charge >= 0.3 is 59.8 Å². The zero-order valence-electron chi connectivity index (χ0n) is 80.9. The topological polar surface area (TPSA) is 856 Å². The van der Waals surface area contributed by atoms with Gasteiger partial charge in [0, 0.05) is 95.6 Å². The predicted octanol–water partition coefficient (Wildman–Crippen LogP) is -6.56. The second kappa shape index (κ2) is 55.1. The van der Waals surface area contributed by atoms with Gasteiger partial charge in [-0.1, -0.05) is 18.2 Å². The number of benzene rings is 3. The molecule has 0 aliphatic carbocycles. The lowest BCUT2D eigenvalue weighted by Crippen LogP contribution is -2.68. The zero-order chi connectivity index (χ0) is 110. The maximum Gasteiger partial charge on any atom is 0.431 e. The number of hydroxylamine groups is 1. The highest BCUT2D eigenvalue weighted by molar-refractivity contribution is 6.03. The quantitative estimate of drug-likeness (QED) is 0.00821. The van der Waals surface area contributed by atoms with Gasteiger partial charge in [0.2, 0.25) is 42.5 Å². The van der Waals surface area contributed by atoms with Crippen molar-refractivity contribution in [1.29, 1.82) is 0 Å². The van der Waals surface area contributed by atoms with E-state index < -0.39 is 379 Å². The van der Waals surface area contributed by atoms with Gasteiger partial charge in [0.15, 0.2) is 35.7 Å². The van der Waals surface area contributed by atoms with Crippen molar-refractivity contribution in [3.8, 4) is 17.2 Å². The van der Waals surface area contributed by atoms with Crippen molar-refractivity contribution in [2.24, 2.45) is 17.8 Å². The Balaban J connectivity index is 1.03. The molecule has 6 aliphatic rings. The van der Waals surface area contributed by atoms with E-state index in [-0.39, 0.29) is 60.2 Å². The summed E-state index contributed by atoms with van der Waals surface area (Å²) in [4.78, 5) is 228. The summed E-state index contributed by atoms with van der Waals surface area (Å²) in [6, 6.07) is 10.7. The van der Waals surface area contributed by atoms with E-state index in [1.807, 2.05) is 0 Å². The molecule has 6 aliphatic heterocycles. The van der Waals surface area contributed by atoms with Gasteiger partial charge in [0.05, 0.1) is 105 Å². The summed E-state index contributed by atoms with van der Waals surface area (Å²) in [6.07, 6.45) is -35.0. The number of carboxylic acids is 6. The molecule has 59 nitrogen and oxygen atoms in total. The zero-order valence-corrected chi connectivity index (χ0v) is 80.9. The van der Waals surface area contributed by atoms with Crippen LogP contribution in [0.4, 0.5) is 4.79 Å². The van der Waals surface area contributed by atoms with Crippen LogP contribution < -0.4 is 73.8 Å². The van der Waals surface area contributed by atoms with Gasteiger partial charge in [-0.3, -0.25) is 82.2 Å². The first-order chi connectivity index (χ1) is 70.3. The minimum atomic E-state index is -2.17. The number of hydrogen-bond acceptors (Lipinski definition) is 48. The van der Waals surface area contributed by atoms with Gasteiger partial charge in [-0.15, -0.1) is 16.6 Å². The van der Waals surface area contributed by atoms with Gasteiger partial charge in [0.1, 0.15) is 104 Å². The third-order valence-electron chi connectivity index (χ3n) is 22.7. The van der Waals surface area contributed by atoms with Crippen molar-refractivity contribution >= 4 is 101 Å². The summed E-state index contributed by atoms with van der Waals surface area (Å²) in [7, 11) is 0. The van der Waals surface area contributed by atoms with E-state index in [1.165, 1.54) is 51.8 Å².